The molecule has 0 unspecified atom stereocenters. The van der Waals surface area contributed by atoms with E-state index in [0.29, 0.717) is 16.6 Å². The monoisotopic (exact) mass is 319 g/mol. The topological polar surface area (TPSA) is 42.2 Å². The quantitative estimate of drug-likeness (QED) is 0.760. The first-order valence-electron chi connectivity index (χ1n) is 6.31. The fourth-order valence-electron chi connectivity index (χ4n) is 2.38. The van der Waals surface area contributed by atoms with Crippen molar-refractivity contribution < 1.29 is 9.90 Å². The zero-order chi connectivity index (χ0) is 15.0. The van der Waals surface area contributed by atoms with Gasteiger partial charge in [-0.3, -0.25) is 0 Å². The molecule has 0 saturated carbocycles. The maximum absolute atomic E-state index is 11.3. The second-order valence-electron chi connectivity index (χ2n) is 4.73. The van der Waals surface area contributed by atoms with Crippen LogP contribution in [0.2, 0.25) is 10.0 Å². The van der Waals surface area contributed by atoms with Gasteiger partial charge in [-0.05, 0) is 23.8 Å². The summed E-state index contributed by atoms with van der Waals surface area (Å²) in [4.78, 5) is 11.3. The van der Waals surface area contributed by atoms with Gasteiger partial charge in [0.2, 0.25) is 0 Å². The maximum atomic E-state index is 11.3. The van der Waals surface area contributed by atoms with Crippen molar-refractivity contribution in [3.8, 4) is 0 Å². The van der Waals surface area contributed by atoms with Crippen LogP contribution in [0.4, 0.5) is 0 Å². The van der Waals surface area contributed by atoms with Gasteiger partial charge in [0.25, 0.3) is 0 Å². The highest BCUT2D eigenvalue weighted by molar-refractivity contribution is 6.35. The van der Waals surface area contributed by atoms with Crippen LogP contribution < -0.4 is 0 Å². The molecule has 0 spiro atoms. The summed E-state index contributed by atoms with van der Waals surface area (Å²) in [6.45, 7) is 0.490. The van der Waals surface area contributed by atoms with E-state index in [9.17, 15) is 9.90 Å². The van der Waals surface area contributed by atoms with Crippen LogP contribution in [0.3, 0.4) is 0 Å². The lowest BCUT2D eigenvalue weighted by molar-refractivity contribution is 0.0699. The predicted molar refractivity (Wildman–Crippen MR) is 84.5 cm³/mol. The summed E-state index contributed by atoms with van der Waals surface area (Å²) in [7, 11) is 0. The van der Waals surface area contributed by atoms with E-state index in [0.717, 1.165) is 16.5 Å². The summed E-state index contributed by atoms with van der Waals surface area (Å²) in [5.74, 6) is -0.938. The number of aromatic nitrogens is 1. The lowest BCUT2D eigenvalue weighted by Gasteiger charge is -2.07. The normalized spacial score (nSPS) is 11.0. The van der Waals surface area contributed by atoms with E-state index in [1.165, 1.54) is 0 Å². The molecule has 0 aliphatic heterocycles. The molecule has 0 fully saturated rings. The summed E-state index contributed by atoms with van der Waals surface area (Å²) in [5.41, 5.74) is 2.04. The molecular weight excluding hydrogens is 309 g/mol. The standard InChI is InChI=1S/C16H11Cl2NO2/c17-11-6-5-10(14(18)7-11)8-19-9-13(16(20)21)12-3-1-2-4-15(12)19/h1-7,9H,8H2,(H,20,21). The third-order valence-electron chi connectivity index (χ3n) is 3.37. The molecule has 0 aliphatic carbocycles. The molecular formula is C16H11Cl2NO2. The first-order chi connectivity index (χ1) is 10.1. The third kappa shape index (κ3) is 2.62. The van der Waals surface area contributed by atoms with Crippen molar-refractivity contribution in [3.63, 3.8) is 0 Å². The number of nitrogens with zero attached hydrogens (tertiary/aromatic N) is 1. The minimum atomic E-state index is -0.938. The van der Waals surface area contributed by atoms with E-state index in [2.05, 4.69) is 0 Å². The van der Waals surface area contributed by atoms with Gasteiger partial charge in [-0.1, -0.05) is 47.5 Å². The fraction of sp³-hybridized carbons (Fsp3) is 0.0625. The predicted octanol–water partition coefficient (Wildman–Crippen LogP) is 4.69. The summed E-state index contributed by atoms with van der Waals surface area (Å²) < 4.78 is 1.88. The Bertz CT molecular complexity index is 839. The number of rotatable bonds is 3. The first kappa shape index (κ1) is 14.0. The van der Waals surface area contributed by atoms with Crippen molar-refractivity contribution in [1.82, 2.24) is 4.57 Å². The highest BCUT2D eigenvalue weighted by atomic mass is 35.5. The Morgan fingerprint density at radius 1 is 1.14 bits per heavy atom. The molecule has 1 aromatic heterocycles. The van der Waals surface area contributed by atoms with Crippen LogP contribution in [0.15, 0.2) is 48.7 Å². The molecule has 3 nitrogen and oxygen atoms in total. The Kier molecular flexibility index (Phi) is 3.62. The number of halogens is 2. The summed E-state index contributed by atoms with van der Waals surface area (Å²) in [5, 5.41) is 11.2. The molecule has 3 rings (SSSR count). The van der Waals surface area contributed by atoms with Gasteiger partial charge in [0, 0.05) is 33.7 Å². The van der Waals surface area contributed by atoms with E-state index in [-0.39, 0.29) is 5.56 Å². The number of hydrogen-bond donors (Lipinski definition) is 1. The van der Waals surface area contributed by atoms with Gasteiger partial charge >= 0.3 is 5.97 Å². The molecule has 0 atom stereocenters. The van der Waals surface area contributed by atoms with E-state index in [1.807, 2.05) is 28.8 Å². The third-order valence-corrected chi connectivity index (χ3v) is 3.96. The fourth-order valence-corrected chi connectivity index (χ4v) is 2.85. The largest absolute Gasteiger partial charge is 0.478 e. The van der Waals surface area contributed by atoms with Gasteiger partial charge in [-0.25, -0.2) is 4.79 Å². The Labute approximate surface area is 131 Å². The Morgan fingerprint density at radius 3 is 2.62 bits per heavy atom. The molecule has 0 amide bonds. The molecule has 21 heavy (non-hydrogen) atoms. The molecule has 106 valence electrons. The average Bonchev–Trinajstić information content (AvgIpc) is 2.81. The number of benzene rings is 2. The SMILES string of the molecule is O=C(O)c1cn(Cc2ccc(Cl)cc2Cl)c2ccccc12. The van der Waals surface area contributed by atoms with Gasteiger partial charge in [0.15, 0.2) is 0 Å². The molecule has 5 heteroatoms. The summed E-state index contributed by atoms with van der Waals surface area (Å²) in [6, 6.07) is 12.7. The van der Waals surface area contributed by atoms with Crippen LogP contribution in [0.1, 0.15) is 15.9 Å². The number of hydrogen-bond acceptors (Lipinski definition) is 1. The lowest BCUT2D eigenvalue weighted by Crippen LogP contribution is -1.99. The van der Waals surface area contributed by atoms with Crippen LogP contribution in [-0.4, -0.2) is 15.6 Å². The zero-order valence-electron chi connectivity index (χ0n) is 10.9. The molecule has 0 radical (unpaired) electrons. The van der Waals surface area contributed by atoms with Crippen LogP contribution in [0.25, 0.3) is 10.9 Å². The smallest absolute Gasteiger partial charge is 0.337 e. The second kappa shape index (κ2) is 5.43. The van der Waals surface area contributed by atoms with Crippen molar-refractivity contribution in [1.29, 1.82) is 0 Å². The number of carboxylic acids is 1. The molecule has 1 heterocycles. The number of fused-ring (bicyclic) bond motifs is 1. The maximum Gasteiger partial charge on any atom is 0.337 e. The Morgan fingerprint density at radius 2 is 1.90 bits per heavy atom. The number of carbonyl (C=O) groups is 1. The Hall–Kier alpha value is -1.97. The van der Waals surface area contributed by atoms with Crippen molar-refractivity contribution in [2.75, 3.05) is 0 Å². The molecule has 1 N–H and O–H groups in total. The molecule has 0 aliphatic rings. The van der Waals surface area contributed by atoms with Crippen molar-refractivity contribution in [2.24, 2.45) is 0 Å². The van der Waals surface area contributed by atoms with Crippen LogP contribution >= 0.6 is 23.2 Å². The molecule has 0 saturated heterocycles. The van der Waals surface area contributed by atoms with Gasteiger partial charge in [0.1, 0.15) is 0 Å². The highest BCUT2D eigenvalue weighted by Crippen LogP contribution is 2.26. The molecule has 0 bridgehead atoms. The van der Waals surface area contributed by atoms with Crippen LogP contribution in [0, 0.1) is 0 Å². The van der Waals surface area contributed by atoms with E-state index in [4.69, 9.17) is 23.2 Å². The summed E-state index contributed by atoms with van der Waals surface area (Å²) >= 11 is 12.1. The van der Waals surface area contributed by atoms with Crippen LogP contribution in [-0.2, 0) is 6.54 Å². The Balaban J connectivity index is 2.10. The second-order valence-corrected chi connectivity index (χ2v) is 5.57. The van der Waals surface area contributed by atoms with Crippen molar-refractivity contribution in [3.05, 3.63) is 69.8 Å². The lowest BCUT2D eigenvalue weighted by atomic mass is 10.2. The van der Waals surface area contributed by atoms with E-state index >= 15 is 0 Å². The minimum Gasteiger partial charge on any atom is -0.478 e. The summed E-state index contributed by atoms with van der Waals surface area (Å²) in [6.07, 6.45) is 1.64. The minimum absolute atomic E-state index is 0.288. The van der Waals surface area contributed by atoms with E-state index in [1.54, 1.807) is 24.4 Å². The molecule has 3 aromatic rings. The first-order valence-corrected chi connectivity index (χ1v) is 7.07. The van der Waals surface area contributed by atoms with Crippen molar-refractivity contribution in [2.45, 2.75) is 6.54 Å². The van der Waals surface area contributed by atoms with E-state index < -0.39 is 5.97 Å². The highest BCUT2D eigenvalue weighted by Gasteiger charge is 2.14. The average molecular weight is 320 g/mol. The number of para-hydroxylation sites is 1. The zero-order valence-corrected chi connectivity index (χ0v) is 12.4. The van der Waals surface area contributed by atoms with Gasteiger partial charge in [-0.15, -0.1) is 0 Å². The number of aromatic carboxylic acids is 1. The van der Waals surface area contributed by atoms with Gasteiger partial charge < -0.3 is 9.67 Å². The van der Waals surface area contributed by atoms with Crippen LogP contribution in [0.5, 0.6) is 0 Å². The molecule has 2 aromatic carbocycles. The van der Waals surface area contributed by atoms with Gasteiger partial charge in [0.05, 0.1) is 5.56 Å². The van der Waals surface area contributed by atoms with Crippen molar-refractivity contribution >= 4 is 40.1 Å². The number of carboxylic acid groups (broad SMARTS) is 1. The van der Waals surface area contributed by atoms with Gasteiger partial charge in [-0.2, -0.15) is 0 Å².